The van der Waals surface area contributed by atoms with Crippen LogP contribution < -0.4 is 5.32 Å². The van der Waals surface area contributed by atoms with E-state index in [4.69, 9.17) is 23.2 Å². The van der Waals surface area contributed by atoms with Gasteiger partial charge < -0.3 is 5.32 Å². The standard InChI is InChI=1S/C9H10Cl2FN/c1-6-4-8(11)9(5-7(6)10)13-3-2-12/h4-5,13H,2-3H2,1H3. The minimum Gasteiger partial charge on any atom is -0.381 e. The molecule has 0 fully saturated rings. The van der Waals surface area contributed by atoms with Gasteiger partial charge in [-0.2, -0.15) is 0 Å². The van der Waals surface area contributed by atoms with Crippen molar-refractivity contribution in [2.45, 2.75) is 6.92 Å². The van der Waals surface area contributed by atoms with Crippen LogP contribution in [0.25, 0.3) is 0 Å². The fourth-order valence-corrected chi connectivity index (χ4v) is 1.41. The monoisotopic (exact) mass is 221 g/mol. The Kier molecular flexibility index (Phi) is 3.82. The summed E-state index contributed by atoms with van der Waals surface area (Å²) in [5.74, 6) is 0. The summed E-state index contributed by atoms with van der Waals surface area (Å²) in [5.41, 5.74) is 1.59. The first-order valence-electron chi connectivity index (χ1n) is 3.90. The highest BCUT2D eigenvalue weighted by Crippen LogP contribution is 2.28. The number of aryl methyl sites for hydroxylation is 1. The van der Waals surface area contributed by atoms with E-state index < -0.39 is 6.67 Å². The molecule has 0 aliphatic heterocycles. The first-order valence-corrected chi connectivity index (χ1v) is 4.66. The van der Waals surface area contributed by atoms with Gasteiger partial charge in [-0.3, -0.25) is 0 Å². The SMILES string of the molecule is Cc1cc(Cl)c(NCCF)cc1Cl. The fraction of sp³-hybridized carbons (Fsp3) is 0.333. The molecule has 0 heterocycles. The van der Waals surface area contributed by atoms with E-state index >= 15 is 0 Å². The molecule has 72 valence electrons. The van der Waals surface area contributed by atoms with Gasteiger partial charge in [-0.15, -0.1) is 0 Å². The number of hydrogen-bond acceptors (Lipinski definition) is 1. The predicted molar refractivity (Wildman–Crippen MR) is 55.7 cm³/mol. The normalized spacial score (nSPS) is 10.2. The second kappa shape index (κ2) is 4.68. The van der Waals surface area contributed by atoms with Crippen LogP contribution in [0.5, 0.6) is 0 Å². The van der Waals surface area contributed by atoms with E-state index in [9.17, 15) is 4.39 Å². The molecule has 0 aliphatic carbocycles. The van der Waals surface area contributed by atoms with E-state index in [-0.39, 0.29) is 6.54 Å². The van der Waals surface area contributed by atoms with Gasteiger partial charge in [0.2, 0.25) is 0 Å². The van der Waals surface area contributed by atoms with Crippen LogP contribution in [0.1, 0.15) is 5.56 Å². The fourth-order valence-electron chi connectivity index (χ4n) is 0.964. The van der Waals surface area contributed by atoms with Crippen molar-refractivity contribution in [1.82, 2.24) is 0 Å². The third kappa shape index (κ3) is 2.75. The Morgan fingerprint density at radius 1 is 1.31 bits per heavy atom. The molecule has 1 N–H and O–H groups in total. The third-order valence-corrected chi connectivity index (χ3v) is 2.38. The average molecular weight is 222 g/mol. The highest BCUT2D eigenvalue weighted by molar-refractivity contribution is 6.35. The summed E-state index contributed by atoms with van der Waals surface area (Å²) in [7, 11) is 0. The van der Waals surface area contributed by atoms with Crippen LogP contribution in [0.3, 0.4) is 0 Å². The largest absolute Gasteiger partial charge is 0.381 e. The molecule has 13 heavy (non-hydrogen) atoms. The molecular formula is C9H10Cl2FN. The highest BCUT2D eigenvalue weighted by Gasteiger charge is 2.03. The van der Waals surface area contributed by atoms with Gasteiger partial charge >= 0.3 is 0 Å². The minimum atomic E-state index is -0.429. The summed E-state index contributed by atoms with van der Waals surface area (Å²) in [6.45, 7) is 1.69. The molecule has 0 bridgehead atoms. The van der Waals surface area contributed by atoms with E-state index in [1.165, 1.54) is 0 Å². The first-order chi connectivity index (χ1) is 6.15. The molecule has 0 spiro atoms. The smallest absolute Gasteiger partial charge is 0.107 e. The molecule has 0 saturated carbocycles. The maximum atomic E-state index is 11.9. The maximum Gasteiger partial charge on any atom is 0.107 e. The van der Waals surface area contributed by atoms with Gasteiger partial charge in [0, 0.05) is 11.6 Å². The van der Waals surface area contributed by atoms with E-state index in [1.54, 1.807) is 12.1 Å². The molecule has 0 unspecified atom stereocenters. The van der Waals surface area contributed by atoms with Crippen molar-refractivity contribution in [2.75, 3.05) is 18.5 Å². The van der Waals surface area contributed by atoms with E-state index in [0.29, 0.717) is 15.7 Å². The van der Waals surface area contributed by atoms with E-state index in [2.05, 4.69) is 5.32 Å². The average Bonchev–Trinajstić information content (AvgIpc) is 2.09. The van der Waals surface area contributed by atoms with Gasteiger partial charge in [0.05, 0.1) is 10.7 Å². The van der Waals surface area contributed by atoms with Gasteiger partial charge in [-0.25, -0.2) is 4.39 Å². The minimum absolute atomic E-state index is 0.249. The number of halogens is 3. The van der Waals surface area contributed by atoms with Crippen LogP contribution in [0.15, 0.2) is 12.1 Å². The molecule has 0 aliphatic rings. The summed E-state index contributed by atoms with van der Waals surface area (Å²) < 4.78 is 11.9. The summed E-state index contributed by atoms with van der Waals surface area (Å²) >= 11 is 11.8. The molecule has 0 radical (unpaired) electrons. The zero-order valence-corrected chi connectivity index (χ0v) is 8.71. The first kappa shape index (κ1) is 10.6. The van der Waals surface area contributed by atoms with Crippen LogP contribution in [-0.4, -0.2) is 13.2 Å². The van der Waals surface area contributed by atoms with Crippen molar-refractivity contribution in [3.63, 3.8) is 0 Å². The predicted octanol–water partition coefficient (Wildman–Crippen LogP) is 3.68. The third-order valence-electron chi connectivity index (χ3n) is 1.66. The zero-order chi connectivity index (χ0) is 9.84. The van der Waals surface area contributed by atoms with Crippen molar-refractivity contribution >= 4 is 28.9 Å². The molecule has 0 atom stereocenters. The van der Waals surface area contributed by atoms with Crippen LogP contribution >= 0.6 is 23.2 Å². The molecule has 1 rings (SSSR count). The number of alkyl halides is 1. The molecule has 0 amide bonds. The summed E-state index contributed by atoms with van der Waals surface area (Å²) in [6.07, 6.45) is 0. The van der Waals surface area contributed by atoms with Crippen molar-refractivity contribution in [3.05, 3.63) is 27.7 Å². The van der Waals surface area contributed by atoms with Crippen LogP contribution in [0.4, 0.5) is 10.1 Å². The number of nitrogens with one attached hydrogen (secondary N) is 1. The lowest BCUT2D eigenvalue weighted by atomic mass is 10.2. The Hall–Kier alpha value is -0.470. The van der Waals surface area contributed by atoms with Crippen molar-refractivity contribution in [3.8, 4) is 0 Å². The van der Waals surface area contributed by atoms with E-state index in [1.807, 2.05) is 6.92 Å². The number of anilines is 1. The Bertz CT molecular complexity index is 302. The second-order valence-corrected chi connectivity index (χ2v) is 3.51. The van der Waals surface area contributed by atoms with Gasteiger partial charge in [-0.05, 0) is 24.6 Å². The van der Waals surface area contributed by atoms with Gasteiger partial charge in [0.15, 0.2) is 0 Å². The van der Waals surface area contributed by atoms with Crippen LogP contribution in [0, 0.1) is 6.92 Å². The lowest BCUT2D eigenvalue weighted by Gasteiger charge is -2.08. The molecule has 1 aromatic rings. The molecule has 0 aromatic heterocycles. The molecule has 0 saturated heterocycles. The quantitative estimate of drug-likeness (QED) is 0.822. The van der Waals surface area contributed by atoms with Crippen LogP contribution in [0.2, 0.25) is 10.0 Å². The van der Waals surface area contributed by atoms with Gasteiger partial charge in [0.1, 0.15) is 6.67 Å². The number of benzene rings is 1. The summed E-state index contributed by atoms with van der Waals surface area (Å²) in [6, 6.07) is 3.46. The van der Waals surface area contributed by atoms with Crippen molar-refractivity contribution < 1.29 is 4.39 Å². The Morgan fingerprint density at radius 3 is 2.62 bits per heavy atom. The molecule has 4 heteroatoms. The van der Waals surface area contributed by atoms with Crippen molar-refractivity contribution in [1.29, 1.82) is 0 Å². The highest BCUT2D eigenvalue weighted by atomic mass is 35.5. The molecule has 1 aromatic carbocycles. The maximum absolute atomic E-state index is 11.9. The van der Waals surface area contributed by atoms with Crippen LogP contribution in [-0.2, 0) is 0 Å². The Morgan fingerprint density at radius 2 is 2.00 bits per heavy atom. The zero-order valence-electron chi connectivity index (χ0n) is 7.20. The number of rotatable bonds is 3. The van der Waals surface area contributed by atoms with E-state index in [0.717, 1.165) is 5.56 Å². The second-order valence-electron chi connectivity index (χ2n) is 2.70. The van der Waals surface area contributed by atoms with Gasteiger partial charge in [0.25, 0.3) is 0 Å². The Balaban J connectivity index is 2.88. The Labute approximate surface area is 86.8 Å². The summed E-state index contributed by atoms with van der Waals surface area (Å²) in [5, 5.41) is 4.03. The number of hydrogen-bond donors (Lipinski definition) is 1. The van der Waals surface area contributed by atoms with Gasteiger partial charge in [-0.1, -0.05) is 23.2 Å². The topological polar surface area (TPSA) is 12.0 Å². The summed E-state index contributed by atoms with van der Waals surface area (Å²) in [4.78, 5) is 0. The molecular weight excluding hydrogens is 212 g/mol. The lowest BCUT2D eigenvalue weighted by Crippen LogP contribution is -2.03. The lowest BCUT2D eigenvalue weighted by molar-refractivity contribution is 0.513. The molecule has 1 nitrogen and oxygen atoms in total. The van der Waals surface area contributed by atoms with Crippen molar-refractivity contribution in [2.24, 2.45) is 0 Å².